The maximum absolute atomic E-state index is 12.5. The summed E-state index contributed by atoms with van der Waals surface area (Å²) in [5.41, 5.74) is 0. The van der Waals surface area contributed by atoms with E-state index in [-0.39, 0.29) is 25.6 Å². The van der Waals surface area contributed by atoms with Crippen LogP contribution in [0.3, 0.4) is 0 Å². The average molecular weight is 637 g/mol. The summed E-state index contributed by atoms with van der Waals surface area (Å²) in [6.45, 7) is 4.36. The molecule has 0 amide bonds. The number of nitrogens with zero attached hydrogens (tertiary/aromatic N) is 1. The maximum Gasteiger partial charge on any atom is 0.472 e. The Kier molecular flexibility index (Phi) is 26.7. The maximum atomic E-state index is 12.5. The number of phosphoric acid groups is 1. The van der Waals surface area contributed by atoms with Gasteiger partial charge in [0.1, 0.15) is 19.8 Å². The van der Waals surface area contributed by atoms with Crippen LogP contribution in [0.1, 0.15) is 149 Å². The van der Waals surface area contributed by atoms with Crippen LogP contribution >= 0.6 is 7.82 Å². The fourth-order valence-corrected chi connectivity index (χ4v) is 5.34. The molecule has 256 valence electrons. The molecule has 1 N–H and O–H groups in total. The number of carbonyl (C=O) groups is 2. The van der Waals surface area contributed by atoms with E-state index in [4.69, 9.17) is 18.5 Å². The van der Waals surface area contributed by atoms with Gasteiger partial charge in [-0.3, -0.25) is 18.6 Å². The van der Waals surface area contributed by atoms with Gasteiger partial charge in [-0.05, 0) is 12.8 Å². The Bertz CT molecular complexity index is 728. The summed E-state index contributed by atoms with van der Waals surface area (Å²) in [6, 6.07) is 0. The molecule has 0 aromatic rings. The fourth-order valence-electron chi connectivity index (χ4n) is 4.60. The van der Waals surface area contributed by atoms with E-state index in [1.807, 2.05) is 21.1 Å². The van der Waals surface area contributed by atoms with Crippen LogP contribution in [0.15, 0.2) is 0 Å². The summed E-state index contributed by atoms with van der Waals surface area (Å²) >= 11 is 0. The molecule has 0 heterocycles. The van der Waals surface area contributed by atoms with Crippen molar-refractivity contribution in [3.05, 3.63) is 0 Å². The first-order valence-electron chi connectivity index (χ1n) is 17.3. The van der Waals surface area contributed by atoms with Crippen molar-refractivity contribution in [2.75, 3.05) is 47.5 Å². The standard InChI is InChI=1S/C33H66NO8P/c1-6-8-10-12-14-16-17-18-20-22-24-26-33(36)42-31(30-41-43(37,38)40-28-27-34(3,4)5)29-39-32(35)25-23-21-19-15-13-11-9-7-2/h31H,6-30H2,1-5H3/p+1. The third-order valence-corrected chi connectivity index (χ3v) is 8.37. The number of likely N-dealkylation sites (N-methyl/N-ethyl adjacent to an activating group) is 1. The summed E-state index contributed by atoms with van der Waals surface area (Å²) in [5.74, 6) is -0.800. The number of rotatable bonds is 31. The lowest BCUT2D eigenvalue weighted by Crippen LogP contribution is -2.37. The van der Waals surface area contributed by atoms with Crippen molar-refractivity contribution >= 4 is 19.8 Å². The second kappa shape index (κ2) is 27.3. The Labute approximate surface area is 264 Å². The molecule has 0 aromatic carbocycles. The molecule has 2 atom stereocenters. The Morgan fingerprint density at radius 3 is 1.49 bits per heavy atom. The first kappa shape index (κ1) is 42.0. The Hall–Kier alpha value is -0.990. The minimum atomic E-state index is -4.35. The number of ether oxygens (including phenoxy) is 2. The van der Waals surface area contributed by atoms with Crippen LogP contribution in [-0.4, -0.2) is 74.9 Å². The van der Waals surface area contributed by atoms with E-state index in [0.717, 1.165) is 32.1 Å². The molecule has 0 saturated heterocycles. The van der Waals surface area contributed by atoms with Crippen molar-refractivity contribution in [2.24, 2.45) is 0 Å². The van der Waals surface area contributed by atoms with E-state index in [9.17, 15) is 19.0 Å². The molecule has 0 aliphatic heterocycles. The quantitative estimate of drug-likeness (QED) is 0.0349. The molecule has 10 heteroatoms. The van der Waals surface area contributed by atoms with E-state index >= 15 is 0 Å². The zero-order valence-corrected chi connectivity index (χ0v) is 29.3. The number of carbonyl (C=O) groups excluding carboxylic acids is 2. The lowest BCUT2D eigenvalue weighted by molar-refractivity contribution is -0.870. The third kappa shape index (κ3) is 30.8. The first-order valence-corrected chi connectivity index (χ1v) is 18.8. The number of unbranched alkanes of at least 4 members (excludes halogenated alkanes) is 17. The van der Waals surface area contributed by atoms with Crippen LogP contribution in [0.4, 0.5) is 0 Å². The topological polar surface area (TPSA) is 108 Å². The molecule has 0 spiro atoms. The predicted octanol–water partition coefficient (Wildman–Crippen LogP) is 8.51. The van der Waals surface area contributed by atoms with E-state index in [0.29, 0.717) is 23.9 Å². The van der Waals surface area contributed by atoms with Crippen molar-refractivity contribution in [1.82, 2.24) is 0 Å². The smallest absolute Gasteiger partial charge is 0.462 e. The number of phosphoric ester groups is 1. The molecule has 0 bridgehead atoms. The number of esters is 2. The number of hydrogen-bond acceptors (Lipinski definition) is 7. The van der Waals surface area contributed by atoms with Crippen molar-refractivity contribution in [1.29, 1.82) is 0 Å². The zero-order chi connectivity index (χ0) is 32.2. The molecule has 2 unspecified atom stereocenters. The molecule has 0 aromatic heterocycles. The Morgan fingerprint density at radius 1 is 0.628 bits per heavy atom. The second-order valence-corrected chi connectivity index (χ2v) is 14.4. The summed E-state index contributed by atoms with van der Waals surface area (Å²) in [6.07, 6.45) is 21.6. The monoisotopic (exact) mass is 636 g/mol. The molecular weight excluding hydrogens is 569 g/mol. The van der Waals surface area contributed by atoms with Gasteiger partial charge in [0.2, 0.25) is 0 Å². The lowest BCUT2D eigenvalue weighted by atomic mass is 10.1. The molecule has 0 rings (SSSR count). The van der Waals surface area contributed by atoms with E-state index in [1.54, 1.807) is 0 Å². The molecule has 0 radical (unpaired) electrons. The van der Waals surface area contributed by atoms with Crippen LogP contribution in [0.2, 0.25) is 0 Å². The van der Waals surface area contributed by atoms with Gasteiger partial charge in [-0.25, -0.2) is 4.57 Å². The highest BCUT2D eigenvalue weighted by Crippen LogP contribution is 2.43. The average Bonchev–Trinajstić information content (AvgIpc) is 2.93. The van der Waals surface area contributed by atoms with Crippen molar-refractivity contribution in [3.8, 4) is 0 Å². The van der Waals surface area contributed by atoms with Gasteiger partial charge in [-0.1, -0.05) is 123 Å². The highest BCUT2D eigenvalue weighted by atomic mass is 31.2. The van der Waals surface area contributed by atoms with Crippen molar-refractivity contribution < 1.29 is 42.1 Å². The highest BCUT2D eigenvalue weighted by molar-refractivity contribution is 7.47. The molecule has 43 heavy (non-hydrogen) atoms. The fraction of sp³-hybridized carbons (Fsp3) is 0.939. The zero-order valence-electron chi connectivity index (χ0n) is 28.5. The highest BCUT2D eigenvalue weighted by Gasteiger charge is 2.27. The van der Waals surface area contributed by atoms with Gasteiger partial charge < -0.3 is 18.9 Å². The Balaban J connectivity index is 4.48. The van der Waals surface area contributed by atoms with Gasteiger partial charge in [0.05, 0.1) is 27.7 Å². The van der Waals surface area contributed by atoms with Crippen LogP contribution in [0.25, 0.3) is 0 Å². The van der Waals surface area contributed by atoms with Crippen molar-refractivity contribution in [2.45, 2.75) is 155 Å². The minimum absolute atomic E-state index is 0.0359. The van der Waals surface area contributed by atoms with Crippen molar-refractivity contribution in [3.63, 3.8) is 0 Å². The third-order valence-electron chi connectivity index (χ3n) is 7.39. The minimum Gasteiger partial charge on any atom is -0.462 e. The predicted molar refractivity (Wildman–Crippen MR) is 174 cm³/mol. The van der Waals surface area contributed by atoms with Crippen LogP contribution < -0.4 is 0 Å². The molecule has 0 aliphatic carbocycles. The molecule has 0 aliphatic rings. The summed E-state index contributed by atoms with van der Waals surface area (Å²) < 4.78 is 34.0. The molecule has 9 nitrogen and oxygen atoms in total. The lowest BCUT2D eigenvalue weighted by Gasteiger charge is -2.24. The van der Waals surface area contributed by atoms with Gasteiger partial charge in [0, 0.05) is 12.8 Å². The van der Waals surface area contributed by atoms with Crippen LogP contribution in [0.5, 0.6) is 0 Å². The van der Waals surface area contributed by atoms with Crippen LogP contribution in [-0.2, 0) is 32.7 Å². The van der Waals surface area contributed by atoms with Gasteiger partial charge in [0.15, 0.2) is 6.10 Å². The summed E-state index contributed by atoms with van der Waals surface area (Å²) in [5, 5.41) is 0. The van der Waals surface area contributed by atoms with Gasteiger partial charge in [-0.15, -0.1) is 0 Å². The van der Waals surface area contributed by atoms with E-state index < -0.39 is 26.5 Å². The van der Waals surface area contributed by atoms with E-state index in [2.05, 4.69) is 13.8 Å². The van der Waals surface area contributed by atoms with Crippen LogP contribution in [0, 0.1) is 0 Å². The normalized spacial score (nSPS) is 13.9. The molecular formula is C33H67NO8P+. The summed E-state index contributed by atoms with van der Waals surface area (Å²) in [7, 11) is 1.48. The molecule has 0 saturated carbocycles. The molecule has 0 fully saturated rings. The SMILES string of the molecule is CCCCCCCCCCCCCC(=O)OC(COC(=O)CCCCCCCCCC)COP(=O)(O)OCC[N+](C)(C)C. The number of quaternary nitrogens is 1. The van der Waals surface area contributed by atoms with E-state index in [1.165, 1.54) is 83.5 Å². The largest absolute Gasteiger partial charge is 0.472 e. The first-order chi connectivity index (χ1) is 20.5. The van der Waals surface area contributed by atoms with Gasteiger partial charge >= 0.3 is 19.8 Å². The van der Waals surface area contributed by atoms with Gasteiger partial charge in [-0.2, -0.15) is 0 Å². The van der Waals surface area contributed by atoms with Gasteiger partial charge in [0.25, 0.3) is 0 Å². The Morgan fingerprint density at radius 2 is 1.05 bits per heavy atom. The summed E-state index contributed by atoms with van der Waals surface area (Å²) in [4.78, 5) is 34.9. The number of hydrogen-bond donors (Lipinski definition) is 1. The second-order valence-electron chi connectivity index (χ2n) is 12.9.